The number of hydrogen-bond donors (Lipinski definition) is 3. The van der Waals surface area contributed by atoms with E-state index in [1.165, 1.54) is 5.48 Å². The van der Waals surface area contributed by atoms with Gasteiger partial charge in [0.2, 0.25) is 0 Å². The highest BCUT2D eigenvalue weighted by molar-refractivity contribution is 5.14. The monoisotopic (exact) mass is 221 g/mol. The third-order valence-corrected chi connectivity index (χ3v) is 5.03. The summed E-state index contributed by atoms with van der Waals surface area (Å²) in [5.74, 6) is 0.456. The summed E-state index contributed by atoms with van der Waals surface area (Å²) in [7, 11) is 0. The van der Waals surface area contributed by atoms with Crippen LogP contribution in [0.4, 0.5) is 0 Å². The van der Waals surface area contributed by atoms with Gasteiger partial charge in [0.25, 0.3) is 0 Å². The predicted molar refractivity (Wildman–Crippen MR) is 48.1 cm³/mol. The fourth-order valence-electron chi connectivity index (χ4n) is 3.59. The lowest BCUT2D eigenvalue weighted by molar-refractivity contribution is -0.916. The second-order valence-electron chi connectivity index (χ2n) is 5.46. The van der Waals surface area contributed by atoms with Gasteiger partial charge >= 0.3 is 0 Å². The third-order valence-electron chi connectivity index (χ3n) is 5.03. The van der Waals surface area contributed by atoms with Crippen molar-refractivity contribution in [2.45, 2.75) is 45.8 Å². The molecule has 84 valence electrons. The molecule has 2 aliphatic rings. The van der Waals surface area contributed by atoms with E-state index < -0.39 is 0 Å². The summed E-state index contributed by atoms with van der Waals surface area (Å²) in [5.41, 5.74) is 1.37. The number of nitrogens with two attached hydrogens (primary N) is 1. The first kappa shape index (κ1) is 12.2. The molecule has 0 radical (unpaired) electrons. The Hall–Kier alpha value is 0.170. The fourth-order valence-corrected chi connectivity index (χ4v) is 3.59. The molecule has 14 heavy (non-hydrogen) atoms. The molecule has 0 aromatic heterocycles. The zero-order valence-corrected chi connectivity index (χ0v) is 9.75. The van der Waals surface area contributed by atoms with Gasteiger partial charge in [0.15, 0.2) is 0 Å². The fraction of sp³-hybridized carbons (Fsp3) is 1.00. The molecule has 2 saturated carbocycles. The van der Waals surface area contributed by atoms with Crippen molar-refractivity contribution in [2.75, 3.05) is 0 Å². The average molecular weight is 222 g/mol. The number of hydrogen-bond acceptors (Lipinski definition) is 2. The molecule has 0 amide bonds. The smallest absolute Gasteiger partial charge is 0.145 e. The molecule has 2 fully saturated rings. The van der Waals surface area contributed by atoms with Crippen molar-refractivity contribution in [3.8, 4) is 0 Å². The molecule has 0 saturated heterocycles. The maximum atomic E-state index is 10.1. The molecule has 4 N–H and O–H groups in total. The topological polar surface area (TPSA) is 57.1 Å². The van der Waals surface area contributed by atoms with Gasteiger partial charge in [-0.1, -0.05) is 20.8 Å². The first-order chi connectivity index (χ1) is 5.95. The molecule has 2 bridgehead atoms. The first-order valence-electron chi connectivity index (χ1n) is 5.11. The maximum Gasteiger partial charge on any atom is 0.145 e. The summed E-state index contributed by atoms with van der Waals surface area (Å²) >= 11 is 0. The third kappa shape index (κ3) is 1.10. The SMILES string of the molecule is CC1(C)[C@H]2CC[C@]1(C)[C@@H](O)[C@H]2[NH2+]O.[Cl-]. The molecule has 0 aromatic rings. The molecule has 2 aliphatic carbocycles. The Kier molecular flexibility index (Phi) is 2.92. The van der Waals surface area contributed by atoms with Crippen molar-refractivity contribution < 1.29 is 28.2 Å². The summed E-state index contributed by atoms with van der Waals surface area (Å²) in [6, 6.07) is -0.00579. The van der Waals surface area contributed by atoms with E-state index in [-0.39, 0.29) is 35.4 Å². The summed E-state index contributed by atoms with van der Waals surface area (Å²) in [5, 5.41) is 19.2. The largest absolute Gasteiger partial charge is 1.00 e. The second-order valence-corrected chi connectivity index (χ2v) is 5.46. The lowest BCUT2D eigenvalue weighted by Crippen LogP contribution is -3.00. The van der Waals surface area contributed by atoms with E-state index in [2.05, 4.69) is 20.8 Å². The summed E-state index contributed by atoms with van der Waals surface area (Å²) in [6.45, 7) is 6.59. The van der Waals surface area contributed by atoms with Gasteiger partial charge in [-0.3, -0.25) is 0 Å². The molecule has 0 aliphatic heterocycles. The van der Waals surface area contributed by atoms with E-state index >= 15 is 0 Å². The highest BCUT2D eigenvalue weighted by Gasteiger charge is 2.68. The molecule has 2 rings (SSSR count). The zero-order valence-electron chi connectivity index (χ0n) is 9.00. The molecule has 4 atom stereocenters. The Morgan fingerprint density at radius 2 is 1.86 bits per heavy atom. The maximum absolute atomic E-state index is 10.1. The summed E-state index contributed by atoms with van der Waals surface area (Å²) < 4.78 is 0. The Morgan fingerprint density at radius 3 is 2.14 bits per heavy atom. The lowest BCUT2D eigenvalue weighted by atomic mass is 9.70. The van der Waals surface area contributed by atoms with E-state index in [0.29, 0.717) is 5.92 Å². The second kappa shape index (κ2) is 3.34. The predicted octanol–water partition coefficient (Wildman–Crippen LogP) is -2.87. The van der Waals surface area contributed by atoms with E-state index in [4.69, 9.17) is 5.21 Å². The van der Waals surface area contributed by atoms with Crippen molar-refractivity contribution >= 4 is 0 Å². The quantitative estimate of drug-likeness (QED) is 0.417. The van der Waals surface area contributed by atoms with Crippen molar-refractivity contribution in [2.24, 2.45) is 16.7 Å². The molecule has 0 heterocycles. The van der Waals surface area contributed by atoms with Crippen LogP contribution in [0.2, 0.25) is 0 Å². The van der Waals surface area contributed by atoms with Crippen LogP contribution in [0.25, 0.3) is 0 Å². The van der Waals surface area contributed by atoms with Crippen molar-refractivity contribution in [3.63, 3.8) is 0 Å². The number of hydroxylamine groups is 1. The molecule has 0 unspecified atom stereocenters. The van der Waals surface area contributed by atoms with E-state index in [1.807, 2.05) is 0 Å². The molecule has 0 spiro atoms. The standard InChI is InChI=1S/C10H19NO2.ClH/c1-9(2)6-4-5-10(9,3)8(12)7(6)11-13;/h6-8,11-13H,4-5H2,1-3H3;1H/t6-,7-,8-,10+;/m0./s1. The first-order valence-corrected chi connectivity index (χ1v) is 5.11. The molecule has 0 aromatic carbocycles. The van der Waals surface area contributed by atoms with Crippen LogP contribution in [0.15, 0.2) is 0 Å². The van der Waals surface area contributed by atoms with Gasteiger partial charge in [-0.25, -0.2) is 5.21 Å². The van der Waals surface area contributed by atoms with Gasteiger partial charge in [0, 0.05) is 11.3 Å². The molecular formula is C10H20ClNO2. The number of fused-ring (bicyclic) bond motifs is 2. The van der Waals surface area contributed by atoms with Crippen LogP contribution in [0, 0.1) is 16.7 Å². The van der Waals surface area contributed by atoms with Crippen molar-refractivity contribution in [1.29, 1.82) is 0 Å². The van der Waals surface area contributed by atoms with E-state index in [0.717, 1.165) is 12.8 Å². The lowest BCUT2D eigenvalue weighted by Gasteiger charge is -2.35. The molecule has 3 nitrogen and oxygen atoms in total. The molecule has 4 heteroatoms. The number of rotatable bonds is 1. The van der Waals surface area contributed by atoms with E-state index in [9.17, 15) is 5.11 Å². The minimum absolute atomic E-state index is 0. The van der Waals surface area contributed by atoms with Gasteiger partial charge < -0.3 is 17.5 Å². The average Bonchev–Trinajstić information content (AvgIpc) is 2.36. The van der Waals surface area contributed by atoms with Gasteiger partial charge in [0.05, 0.1) is 0 Å². The Balaban J connectivity index is 0.000000980. The normalized spacial score (nSPS) is 49.1. The van der Waals surface area contributed by atoms with Crippen LogP contribution in [0.1, 0.15) is 33.6 Å². The van der Waals surface area contributed by atoms with Crippen molar-refractivity contribution in [3.05, 3.63) is 0 Å². The van der Waals surface area contributed by atoms with Gasteiger partial charge in [-0.05, 0) is 18.3 Å². The van der Waals surface area contributed by atoms with Crippen molar-refractivity contribution in [1.82, 2.24) is 0 Å². The minimum Gasteiger partial charge on any atom is -1.00 e. The molecular weight excluding hydrogens is 202 g/mol. The van der Waals surface area contributed by atoms with E-state index in [1.54, 1.807) is 0 Å². The Morgan fingerprint density at radius 1 is 1.29 bits per heavy atom. The van der Waals surface area contributed by atoms with Gasteiger partial charge in [-0.15, -0.1) is 0 Å². The summed E-state index contributed by atoms with van der Waals surface area (Å²) in [6.07, 6.45) is 1.88. The number of aliphatic hydroxyl groups excluding tert-OH is 1. The Bertz CT molecular complexity index is 234. The van der Waals surface area contributed by atoms with Crippen LogP contribution in [-0.4, -0.2) is 22.5 Å². The van der Waals surface area contributed by atoms with Crippen LogP contribution >= 0.6 is 0 Å². The van der Waals surface area contributed by atoms with Crippen LogP contribution in [-0.2, 0) is 0 Å². The number of aliphatic hydroxyl groups is 1. The highest BCUT2D eigenvalue weighted by atomic mass is 35.5. The number of quaternary nitrogens is 1. The van der Waals surface area contributed by atoms with Gasteiger partial charge in [-0.2, -0.15) is 5.48 Å². The number of halogens is 1. The van der Waals surface area contributed by atoms with Crippen LogP contribution < -0.4 is 17.9 Å². The minimum atomic E-state index is -0.355. The highest BCUT2D eigenvalue weighted by Crippen LogP contribution is 2.64. The summed E-state index contributed by atoms with van der Waals surface area (Å²) in [4.78, 5) is 0. The van der Waals surface area contributed by atoms with Gasteiger partial charge in [0.1, 0.15) is 12.1 Å². The Labute approximate surface area is 91.3 Å². The van der Waals surface area contributed by atoms with Crippen LogP contribution in [0.5, 0.6) is 0 Å². The van der Waals surface area contributed by atoms with Crippen LogP contribution in [0.3, 0.4) is 0 Å². The zero-order chi connectivity index (χ0) is 9.85.